The highest BCUT2D eigenvalue weighted by Crippen LogP contribution is 2.26. The van der Waals surface area contributed by atoms with Gasteiger partial charge in [-0.05, 0) is 63.3 Å². The minimum atomic E-state index is -0.754. The van der Waals surface area contributed by atoms with Crippen molar-refractivity contribution in [3.8, 4) is 0 Å². The van der Waals surface area contributed by atoms with Gasteiger partial charge in [0.25, 0.3) is 0 Å². The number of likely N-dealkylation sites (N-methyl/N-ethyl adjacent to an activating group) is 2. The van der Waals surface area contributed by atoms with Crippen molar-refractivity contribution in [1.82, 2.24) is 15.5 Å². The highest BCUT2D eigenvalue weighted by molar-refractivity contribution is 5.45. The van der Waals surface area contributed by atoms with Gasteiger partial charge in [-0.1, -0.05) is 45.2 Å². The van der Waals surface area contributed by atoms with E-state index in [0.717, 1.165) is 30.7 Å². The van der Waals surface area contributed by atoms with Gasteiger partial charge in [-0.15, -0.1) is 0 Å². The van der Waals surface area contributed by atoms with Crippen molar-refractivity contribution in [2.45, 2.75) is 59.7 Å². The molecule has 0 fully saturated rings. The molecule has 0 saturated heterocycles. The molecule has 2 N–H and O–H groups in total. The van der Waals surface area contributed by atoms with Crippen molar-refractivity contribution in [3.63, 3.8) is 0 Å². The Morgan fingerprint density at radius 2 is 2.03 bits per heavy atom. The van der Waals surface area contributed by atoms with Crippen LogP contribution < -0.4 is 10.6 Å². The third-order valence-corrected chi connectivity index (χ3v) is 5.78. The predicted octanol–water partition coefficient (Wildman–Crippen LogP) is 5.65. The van der Waals surface area contributed by atoms with E-state index >= 15 is 0 Å². The number of hydrogen-bond acceptors (Lipinski definition) is 4. The lowest BCUT2D eigenvalue weighted by Crippen LogP contribution is -2.30. The van der Waals surface area contributed by atoms with Crippen molar-refractivity contribution in [2.75, 3.05) is 33.8 Å². The van der Waals surface area contributed by atoms with Gasteiger partial charge in [-0.25, -0.2) is 4.39 Å². The molecule has 0 spiro atoms. The van der Waals surface area contributed by atoms with E-state index < -0.39 is 6.17 Å². The average Bonchev–Trinajstić information content (AvgIpc) is 2.74. The van der Waals surface area contributed by atoms with Crippen LogP contribution in [0.3, 0.4) is 0 Å². The van der Waals surface area contributed by atoms with Gasteiger partial charge in [0.15, 0.2) is 0 Å². The second-order valence-corrected chi connectivity index (χ2v) is 8.69. The van der Waals surface area contributed by atoms with Crippen molar-refractivity contribution < 1.29 is 9.13 Å². The van der Waals surface area contributed by atoms with Crippen LogP contribution in [0.5, 0.6) is 0 Å². The number of nitrogens with one attached hydrogen (secondary N) is 2. The Morgan fingerprint density at radius 3 is 2.56 bits per heavy atom. The Morgan fingerprint density at radius 1 is 1.34 bits per heavy atom. The summed E-state index contributed by atoms with van der Waals surface area (Å²) in [7, 11) is 4.01. The van der Waals surface area contributed by atoms with Crippen LogP contribution in [0, 0.1) is 5.92 Å². The summed E-state index contributed by atoms with van der Waals surface area (Å²) in [4.78, 5) is 2.25. The van der Waals surface area contributed by atoms with Crippen molar-refractivity contribution >= 4 is 0 Å². The highest BCUT2D eigenvalue weighted by atomic mass is 19.1. The lowest BCUT2D eigenvalue weighted by molar-refractivity contribution is 0.234. The van der Waals surface area contributed by atoms with Gasteiger partial charge >= 0.3 is 0 Å². The van der Waals surface area contributed by atoms with E-state index in [4.69, 9.17) is 4.74 Å². The van der Waals surface area contributed by atoms with Crippen LogP contribution in [0.25, 0.3) is 0 Å². The van der Waals surface area contributed by atoms with Gasteiger partial charge in [-0.3, -0.25) is 0 Å². The number of allylic oxidation sites excluding steroid dienone is 5. The Bertz CT molecular complexity index is 761. The van der Waals surface area contributed by atoms with Crippen LogP contribution in [0.1, 0.15) is 47.5 Å². The third-order valence-electron chi connectivity index (χ3n) is 5.78. The summed E-state index contributed by atoms with van der Waals surface area (Å²) < 4.78 is 19.7. The second-order valence-electron chi connectivity index (χ2n) is 8.69. The zero-order valence-corrected chi connectivity index (χ0v) is 21.2. The first kappa shape index (κ1) is 27.8. The summed E-state index contributed by atoms with van der Waals surface area (Å²) in [5.41, 5.74) is 5.50. The first-order chi connectivity index (χ1) is 15.2. The Hall–Kier alpha value is -2.27. The molecule has 0 aromatic carbocycles. The zero-order chi connectivity index (χ0) is 24.3. The maximum Gasteiger partial charge on any atom is 0.119 e. The van der Waals surface area contributed by atoms with E-state index in [2.05, 4.69) is 54.8 Å². The molecule has 0 radical (unpaired) electrons. The molecule has 1 aliphatic rings. The van der Waals surface area contributed by atoms with Crippen LogP contribution in [-0.4, -0.2) is 50.9 Å². The molecular weight excluding hydrogens is 401 g/mol. The van der Waals surface area contributed by atoms with Crippen LogP contribution >= 0.6 is 0 Å². The largest absolute Gasteiger partial charge is 0.494 e. The van der Waals surface area contributed by atoms with Gasteiger partial charge in [0, 0.05) is 37.6 Å². The number of rotatable bonds is 14. The van der Waals surface area contributed by atoms with Gasteiger partial charge < -0.3 is 20.3 Å². The quantitative estimate of drug-likeness (QED) is 0.206. The normalized spacial score (nSPS) is 17.0. The van der Waals surface area contributed by atoms with Crippen LogP contribution in [0.15, 0.2) is 71.3 Å². The zero-order valence-electron chi connectivity index (χ0n) is 21.2. The Balaban J connectivity index is 2.94. The number of ether oxygens (including phenoxy) is 1. The van der Waals surface area contributed by atoms with E-state index in [-0.39, 0.29) is 12.0 Å². The summed E-state index contributed by atoms with van der Waals surface area (Å²) in [5.74, 6) is 0.650. The van der Waals surface area contributed by atoms with Crippen molar-refractivity contribution in [1.29, 1.82) is 0 Å². The highest BCUT2D eigenvalue weighted by Gasteiger charge is 2.19. The topological polar surface area (TPSA) is 36.5 Å². The summed E-state index contributed by atoms with van der Waals surface area (Å²) >= 11 is 0. The number of nitrogens with zero attached hydrogens (tertiary/aromatic N) is 1. The van der Waals surface area contributed by atoms with E-state index in [1.54, 1.807) is 0 Å². The maximum atomic E-state index is 14.1. The fourth-order valence-electron chi connectivity index (χ4n) is 3.87. The summed E-state index contributed by atoms with van der Waals surface area (Å²) in [5, 5.41) is 6.76. The van der Waals surface area contributed by atoms with Gasteiger partial charge in [-0.2, -0.15) is 0 Å². The molecule has 0 aromatic heterocycles. The van der Waals surface area contributed by atoms with Crippen LogP contribution in [-0.2, 0) is 4.74 Å². The van der Waals surface area contributed by atoms with E-state index in [0.29, 0.717) is 18.8 Å². The van der Waals surface area contributed by atoms with E-state index in [9.17, 15) is 4.39 Å². The molecule has 1 aliphatic heterocycles. The van der Waals surface area contributed by atoms with Gasteiger partial charge in [0.1, 0.15) is 11.9 Å². The van der Waals surface area contributed by atoms with Crippen LogP contribution in [0.2, 0.25) is 0 Å². The molecule has 2 atom stereocenters. The monoisotopic (exact) mass is 445 g/mol. The number of hydrogen-bond donors (Lipinski definition) is 2. The molecule has 2 unspecified atom stereocenters. The lowest BCUT2D eigenvalue weighted by Gasteiger charge is -2.30. The van der Waals surface area contributed by atoms with E-state index in [1.807, 2.05) is 47.0 Å². The summed E-state index contributed by atoms with van der Waals surface area (Å²) in [6.45, 7) is 20.3. The molecule has 0 amide bonds. The number of alkyl halides is 1. The Kier molecular flexibility index (Phi) is 12.1. The molecule has 1 rings (SSSR count). The molecule has 0 aromatic rings. The fraction of sp³-hybridized carbons (Fsp3) is 0.556. The molecule has 4 nitrogen and oxygen atoms in total. The van der Waals surface area contributed by atoms with Gasteiger partial charge in [0.2, 0.25) is 0 Å². The summed E-state index contributed by atoms with van der Waals surface area (Å²) in [6.07, 6.45) is 8.92. The van der Waals surface area contributed by atoms with Crippen molar-refractivity contribution in [3.05, 3.63) is 71.3 Å². The second kappa shape index (κ2) is 14.0. The first-order valence-electron chi connectivity index (χ1n) is 11.6. The molecular formula is C27H44FN3O. The molecule has 5 heteroatoms. The molecule has 1 heterocycles. The Labute approximate surface area is 195 Å². The minimum Gasteiger partial charge on any atom is -0.494 e. The van der Waals surface area contributed by atoms with Crippen molar-refractivity contribution in [2.24, 2.45) is 5.92 Å². The maximum absolute atomic E-state index is 14.1. The molecule has 0 aliphatic carbocycles. The molecule has 0 saturated carbocycles. The smallest absolute Gasteiger partial charge is 0.119 e. The molecule has 180 valence electrons. The van der Waals surface area contributed by atoms with Gasteiger partial charge in [0.05, 0.1) is 12.6 Å². The summed E-state index contributed by atoms with van der Waals surface area (Å²) in [6, 6.07) is 0.00283. The fourth-order valence-corrected chi connectivity index (χ4v) is 3.87. The lowest BCUT2D eigenvalue weighted by atomic mass is 9.97. The molecule has 0 bridgehead atoms. The first-order valence-corrected chi connectivity index (χ1v) is 11.6. The predicted molar refractivity (Wildman–Crippen MR) is 136 cm³/mol. The SMILES string of the molecule is C=C(OCC)C(=C)/C(=C/NCC1=CC(C)=C(CCC(F)C(C)C)N(C)C1)C(/C=C\C)NC. The van der Waals surface area contributed by atoms with Crippen LogP contribution in [0.4, 0.5) is 4.39 Å². The van der Waals surface area contributed by atoms with E-state index in [1.165, 1.54) is 16.8 Å². The standard InChI is InChI=1S/C27H44FN3O/c1-10-12-26(29-8)24(21(6)22(7)32-11-2)17-30-16-23-15-20(5)27(31(9)18-23)14-13-25(28)19(3)4/h10,12,15,17,19,25-26,29-30H,6-7,11,13-14,16,18H2,1-5,8-9H3/b12-10-,24-17-. The third kappa shape index (κ3) is 8.34. The molecule has 32 heavy (non-hydrogen) atoms. The number of halogens is 1. The average molecular weight is 446 g/mol. The minimum absolute atomic E-state index is 0.00283.